The first-order valence-corrected chi connectivity index (χ1v) is 12.8. The topological polar surface area (TPSA) is 60.4 Å². The standard InChI is InChI=1S/C24H21BrCl2N2O4S/c1-4-32-23(30)21-13(2)28-24-29(7-8-34-24)22(21)16-10-19(31-3)20(11-17(16)25)33-12-14-5-6-15(26)9-18(14)27/h5-11,22H,4,12H2,1-3H3/t22-/m0/s1. The van der Waals surface area contributed by atoms with Gasteiger partial charge in [0.15, 0.2) is 16.7 Å². The molecule has 0 aliphatic carbocycles. The summed E-state index contributed by atoms with van der Waals surface area (Å²) < 4.78 is 17.8. The molecule has 0 saturated heterocycles. The second-order valence-corrected chi connectivity index (χ2v) is 9.95. The number of amidine groups is 1. The van der Waals surface area contributed by atoms with Gasteiger partial charge in [-0.15, -0.1) is 0 Å². The lowest BCUT2D eigenvalue weighted by Gasteiger charge is -2.34. The van der Waals surface area contributed by atoms with E-state index in [0.717, 1.165) is 20.8 Å². The molecule has 0 fully saturated rings. The fourth-order valence-electron chi connectivity index (χ4n) is 3.70. The molecule has 2 aromatic rings. The average molecular weight is 584 g/mol. The molecule has 0 N–H and O–H groups in total. The third kappa shape index (κ3) is 4.96. The molecule has 2 heterocycles. The van der Waals surface area contributed by atoms with E-state index in [2.05, 4.69) is 20.9 Å². The average Bonchev–Trinajstić information content (AvgIpc) is 3.26. The number of methoxy groups -OCH3 is 1. The molecule has 4 rings (SSSR count). The number of aliphatic imine (C=N–C) groups is 1. The second kappa shape index (κ2) is 10.6. The number of halogens is 3. The van der Waals surface area contributed by atoms with Crippen LogP contribution in [-0.2, 0) is 16.1 Å². The molecule has 2 aromatic carbocycles. The fraction of sp³-hybridized carbons (Fsp3) is 0.250. The van der Waals surface area contributed by atoms with Gasteiger partial charge in [-0.05, 0) is 49.1 Å². The van der Waals surface area contributed by atoms with E-state index in [0.29, 0.717) is 32.8 Å². The van der Waals surface area contributed by atoms with Crippen molar-refractivity contribution >= 4 is 62.0 Å². The number of rotatable bonds is 7. The maximum atomic E-state index is 12.9. The lowest BCUT2D eigenvalue weighted by atomic mass is 9.94. The van der Waals surface area contributed by atoms with Gasteiger partial charge in [-0.1, -0.05) is 57.0 Å². The Bertz CT molecular complexity index is 1230. The molecule has 0 spiro atoms. The molecule has 0 radical (unpaired) electrons. The molecular weight excluding hydrogens is 563 g/mol. The van der Waals surface area contributed by atoms with Crippen LogP contribution in [0, 0.1) is 0 Å². The van der Waals surface area contributed by atoms with Gasteiger partial charge in [0, 0.05) is 26.3 Å². The van der Waals surface area contributed by atoms with Gasteiger partial charge in [-0.2, -0.15) is 0 Å². The van der Waals surface area contributed by atoms with E-state index in [-0.39, 0.29) is 13.2 Å². The zero-order chi connectivity index (χ0) is 24.4. The van der Waals surface area contributed by atoms with Crippen LogP contribution >= 0.6 is 50.9 Å². The third-order valence-corrected chi connectivity index (χ3v) is 7.34. The van der Waals surface area contributed by atoms with Crippen LogP contribution in [0.2, 0.25) is 10.0 Å². The van der Waals surface area contributed by atoms with Gasteiger partial charge in [0.1, 0.15) is 6.61 Å². The van der Waals surface area contributed by atoms with Crippen molar-refractivity contribution < 1.29 is 19.0 Å². The summed E-state index contributed by atoms with van der Waals surface area (Å²) in [6.45, 7) is 4.11. The van der Waals surface area contributed by atoms with E-state index < -0.39 is 12.0 Å². The lowest BCUT2D eigenvalue weighted by Crippen LogP contribution is -2.34. The molecule has 0 bridgehead atoms. The van der Waals surface area contributed by atoms with Crippen LogP contribution in [0.1, 0.15) is 31.0 Å². The molecule has 34 heavy (non-hydrogen) atoms. The number of esters is 1. The predicted molar refractivity (Wildman–Crippen MR) is 140 cm³/mol. The van der Waals surface area contributed by atoms with E-state index in [4.69, 9.17) is 37.4 Å². The molecule has 0 unspecified atom stereocenters. The minimum absolute atomic E-state index is 0.233. The van der Waals surface area contributed by atoms with Crippen molar-refractivity contribution in [3.8, 4) is 11.5 Å². The Labute approximate surface area is 220 Å². The molecule has 6 nitrogen and oxygen atoms in total. The van der Waals surface area contributed by atoms with Crippen LogP contribution in [0.5, 0.6) is 11.5 Å². The zero-order valence-corrected chi connectivity index (χ0v) is 22.5. The Kier molecular flexibility index (Phi) is 7.82. The number of thioether (sulfide) groups is 1. The van der Waals surface area contributed by atoms with E-state index in [1.54, 1.807) is 26.2 Å². The summed E-state index contributed by atoms with van der Waals surface area (Å²) in [4.78, 5) is 19.5. The molecule has 0 saturated carbocycles. The highest BCUT2D eigenvalue weighted by Crippen LogP contribution is 2.46. The highest BCUT2D eigenvalue weighted by atomic mass is 79.9. The number of hydrogen-bond acceptors (Lipinski definition) is 7. The molecule has 178 valence electrons. The van der Waals surface area contributed by atoms with Gasteiger partial charge in [0.25, 0.3) is 0 Å². The quantitative estimate of drug-likeness (QED) is 0.324. The minimum Gasteiger partial charge on any atom is -0.493 e. The highest BCUT2D eigenvalue weighted by Gasteiger charge is 2.38. The van der Waals surface area contributed by atoms with Crippen molar-refractivity contribution in [2.24, 2.45) is 4.99 Å². The third-order valence-electron chi connectivity index (χ3n) is 5.29. The van der Waals surface area contributed by atoms with Gasteiger partial charge in [-0.25, -0.2) is 9.79 Å². The van der Waals surface area contributed by atoms with E-state index in [1.165, 1.54) is 11.8 Å². The van der Waals surface area contributed by atoms with Crippen LogP contribution in [0.3, 0.4) is 0 Å². The van der Waals surface area contributed by atoms with Crippen molar-refractivity contribution in [2.45, 2.75) is 26.5 Å². The number of nitrogens with zero attached hydrogens (tertiary/aromatic N) is 2. The smallest absolute Gasteiger partial charge is 0.338 e. The fourth-order valence-corrected chi connectivity index (χ4v) is 5.50. The number of hydrogen-bond donors (Lipinski definition) is 0. The number of allylic oxidation sites excluding steroid dienone is 1. The van der Waals surface area contributed by atoms with E-state index in [9.17, 15) is 4.79 Å². The Balaban J connectivity index is 1.71. The van der Waals surface area contributed by atoms with Gasteiger partial charge in [-0.3, -0.25) is 0 Å². The Morgan fingerprint density at radius 3 is 2.74 bits per heavy atom. The van der Waals surface area contributed by atoms with Crippen molar-refractivity contribution in [3.63, 3.8) is 0 Å². The first-order valence-electron chi connectivity index (χ1n) is 10.4. The van der Waals surface area contributed by atoms with Crippen molar-refractivity contribution in [3.05, 3.63) is 78.9 Å². The van der Waals surface area contributed by atoms with Crippen LogP contribution in [0.4, 0.5) is 0 Å². The monoisotopic (exact) mass is 582 g/mol. The van der Waals surface area contributed by atoms with Crippen LogP contribution < -0.4 is 9.47 Å². The number of carbonyl (C=O) groups is 1. The summed E-state index contributed by atoms with van der Waals surface area (Å²) in [5.41, 5.74) is 2.70. The van der Waals surface area contributed by atoms with Gasteiger partial charge < -0.3 is 19.1 Å². The van der Waals surface area contributed by atoms with Gasteiger partial charge >= 0.3 is 5.97 Å². The highest BCUT2D eigenvalue weighted by molar-refractivity contribution is 9.10. The molecular formula is C24H21BrCl2N2O4S. The number of fused-ring (bicyclic) bond motifs is 1. The molecule has 1 atom stereocenters. The largest absolute Gasteiger partial charge is 0.493 e. The summed E-state index contributed by atoms with van der Waals surface area (Å²) in [5, 5.41) is 3.81. The number of benzene rings is 2. The summed E-state index contributed by atoms with van der Waals surface area (Å²) in [7, 11) is 1.57. The van der Waals surface area contributed by atoms with E-state index >= 15 is 0 Å². The number of carbonyl (C=O) groups excluding carboxylic acids is 1. The van der Waals surface area contributed by atoms with Crippen LogP contribution in [0.25, 0.3) is 0 Å². The van der Waals surface area contributed by atoms with Crippen LogP contribution in [0.15, 0.2) is 62.7 Å². The Hall–Kier alpha value is -2.13. The molecule has 2 aliphatic rings. The SMILES string of the molecule is CCOC(=O)C1=C(C)N=C2SC=CN2[C@H]1c1cc(OC)c(OCc2ccc(Cl)cc2Cl)cc1Br. The minimum atomic E-state index is -0.444. The number of ether oxygens (including phenoxy) is 3. The lowest BCUT2D eigenvalue weighted by molar-refractivity contribution is -0.139. The Morgan fingerprint density at radius 1 is 1.24 bits per heavy atom. The maximum absolute atomic E-state index is 12.9. The Morgan fingerprint density at radius 2 is 2.03 bits per heavy atom. The summed E-state index contributed by atoms with van der Waals surface area (Å²) >= 11 is 17.5. The normalized spacial score (nSPS) is 16.9. The molecule has 0 amide bonds. The summed E-state index contributed by atoms with van der Waals surface area (Å²) in [5.74, 6) is 0.643. The maximum Gasteiger partial charge on any atom is 0.338 e. The zero-order valence-electron chi connectivity index (χ0n) is 18.6. The van der Waals surface area contributed by atoms with Crippen molar-refractivity contribution in [2.75, 3.05) is 13.7 Å². The van der Waals surface area contributed by atoms with Crippen molar-refractivity contribution in [1.82, 2.24) is 4.90 Å². The molecule has 10 heteroatoms. The second-order valence-electron chi connectivity index (χ2n) is 7.38. The van der Waals surface area contributed by atoms with Crippen LogP contribution in [-0.4, -0.2) is 29.8 Å². The van der Waals surface area contributed by atoms with Gasteiger partial charge in [0.2, 0.25) is 0 Å². The predicted octanol–water partition coefficient (Wildman–Crippen LogP) is 7.11. The molecule has 0 aromatic heterocycles. The molecule has 2 aliphatic heterocycles. The summed E-state index contributed by atoms with van der Waals surface area (Å²) in [6, 6.07) is 8.50. The van der Waals surface area contributed by atoms with E-state index in [1.807, 2.05) is 41.6 Å². The first kappa shape index (κ1) is 25.0. The van der Waals surface area contributed by atoms with Crippen molar-refractivity contribution in [1.29, 1.82) is 0 Å². The first-order chi connectivity index (χ1) is 16.3. The summed E-state index contributed by atoms with van der Waals surface area (Å²) in [6.07, 6.45) is 1.91. The van der Waals surface area contributed by atoms with Gasteiger partial charge in [0.05, 0.1) is 31.0 Å².